The number of non-ortho nitro benzene ring substituents is 1. The summed E-state index contributed by atoms with van der Waals surface area (Å²) < 4.78 is 26.4. The zero-order valence-electron chi connectivity index (χ0n) is 10.7. The minimum absolute atomic E-state index is 0.00498. The molecule has 1 aromatic carbocycles. The van der Waals surface area contributed by atoms with E-state index in [1.807, 2.05) is 0 Å². The van der Waals surface area contributed by atoms with E-state index in [9.17, 15) is 18.5 Å². The largest absolute Gasteiger partial charge is 0.328 e. The van der Waals surface area contributed by atoms with Crippen molar-refractivity contribution in [1.82, 2.24) is 4.72 Å². The second kappa shape index (κ2) is 6.09. The fourth-order valence-corrected chi connectivity index (χ4v) is 2.94. The molecular formula is C11H17N3O4S. The molecule has 0 aliphatic rings. The van der Waals surface area contributed by atoms with Crippen LogP contribution in [0.25, 0.3) is 0 Å². The topological polar surface area (TPSA) is 115 Å². The smallest absolute Gasteiger partial charge is 0.269 e. The van der Waals surface area contributed by atoms with E-state index >= 15 is 0 Å². The highest BCUT2D eigenvalue weighted by Crippen LogP contribution is 2.16. The van der Waals surface area contributed by atoms with E-state index < -0.39 is 14.9 Å². The summed E-state index contributed by atoms with van der Waals surface area (Å²) in [6.07, 6.45) is 0.506. The summed E-state index contributed by atoms with van der Waals surface area (Å²) in [6.45, 7) is 3.50. The molecule has 0 spiro atoms. The van der Waals surface area contributed by atoms with Crippen molar-refractivity contribution in [2.24, 2.45) is 5.73 Å². The van der Waals surface area contributed by atoms with Gasteiger partial charge in [0, 0.05) is 24.2 Å². The van der Waals surface area contributed by atoms with Crippen molar-refractivity contribution < 1.29 is 13.3 Å². The highest BCUT2D eigenvalue weighted by molar-refractivity contribution is 7.89. The number of nitro benzene ring substituents is 1. The number of sulfonamides is 1. The summed E-state index contributed by atoms with van der Waals surface area (Å²) >= 11 is 0. The highest BCUT2D eigenvalue weighted by Gasteiger charge is 2.19. The lowest BCUT2D eigenvalue weighted by atomic mass is 10.1. The number of hydrogen-bond donors (Lipinski definition) is 2. The molecule has 0 saturated carbocycles. The fourth-order valence-electron chi connectivity index (χ4n) is 1.69. The van der Waals surface area contributed by atoms with Crippen LogP contribution in [0.1, 0.15) is 20.3 Å². The number of rotatable bonds is 6. The summed E-state index contributed by atoms with van der Waals surface area (Å²) in [7, 11) is -3.68. The van der Waals surface area contributed by atoms with Gasteiger partial charge in [0.25, 0.3) is 5.69 Å². The van der Waals surface area contributed by atoms with Crippen LogP contribution < -0.4 is 10.5 Å². The molecule has 3 N–H and O–H groups in total. The first-order valence-corrected chi connectivity index (χ1v) is 7.23. The van der Waals surface area contributed by atoms with Crippen molar-refractivity contribution in [2.75, 3.05) is 0 Å². The van der Waals surface area contributed by atoms with Gasteiger partial charge in [-0.15, -0.1) is 0 Å². The molecule has 8 heteroatoms. The number of benzene rings is 1. The zero-order chi connectivity index (χ0) is 14.6. The second-order valence-corrected chi connectivity index (χ2v) is 6.20. The van der Waals surface area contributed by atoms with Crippen LogP contribution in [0.5, 0.6) is 0 Å². The Morgan fingerprint density at radius 3 is 2.26 bits per heavy atom. The lowest BCUT2D eigenvalue weighted by Crippen LogP contribution is -2.36. The van der Waals surface area contributed by atoms with Crippen molar-refractivity contribution in [3.05, 3.63) is 34.4 Å². The van der Waals surface area contributed by atoms with Crippen molar-refractivity contribution >= 4 is 15.7 Å². The molecule has 2 atom stereocenters. The molecule has 0 aromatic heterocycles. The summed E-state index contributed by atoms with van der Waals surface area (Å²) in [5, 5.41) is 10.5. The van der Waals surface area contributed by atoms with Gasteiger partial charge >= 0.3 is 0 Å². The van der Waals surface area contributed by atoms with Crippen LogP contribution in [0.4, 0.5) is 5.69 Å². The molecule has 0 radical (unpaired) electrons. The van der Waals surface area contributed by atoms with Gasteiger partial charge in [-0.25, -0.2) is 13.1 Å². The third-order valence-corrected chi connectivity index (χ3v) is 4.04. The standard InChI is InChI=1S/C11H17N3O4S/c1-8(12)7-9(2)13-19(17,18)11-5-3-10(4-6-11)14(15)16/h3-6,8-9,13H,7,12H2,1-2H3. The minimum atomic E-state index is -3.68. The first-order valence-electron chi connectivity index (χ1n) is 5.74. The van der Waals surface area contributed by atoms with Gasteiger partial charge in [-0.1, -0.05) is 0 Å². The molecule has 0 heterocycles. The first kappa shape index (κ1) is 15.5. The van der Waals surface area contributed by atoms with E-state index in [0.717, 1.165) is 12.1 Å². The van der Waals surface area contributed by atoms with E-state index in [0.29, 0.717) is 6.42 Å². The third-order valence-electron chi connectivity index (χ3n) is 2.44. The average Bonchev–Trinajstić information content (AvgIpc) is 2.27. The lowest BCUT2D eigenvalue weighted by molar-refractivity contribution is -0.384. The van der Waals surface area contributed by atoms with Crippen molar-refractivity contribution in [1.29, 1.82) is 0 Å². The van der Waals surface area contributed by atoms with Gasteiger partial charge < -0.3 is 5.73 Å². The van der Waals surface area contributed by atoms with Crippen molar-refractivity contribution in [2.45, 2.75) is 37.2 Å². The van der Waals surface area contributed by atoms with E-state index in [1.165, 1.54) is 12.1 Å². The van der Waals surface area contributed by atoms with Crippen molar-refractivity contribution in [3.63, 3.8) is 0 Å². The first-order chi connectivity index (χ1) is 8.72. The summed E-state index contributed by atoms with van der Waals surface area (Å²) in [6, 6.07) is 4.31. The van der Waals surface area contributed by atoms with Crippen LogP contribution in [0.2, 0.25) is 0 Å². The maximum Gasteiger partial charge on any atom is 0.269 e. The molecule has 19 heavy (non-hydrogen) atoms. The van der Waals surface area contributed by atoms with Crippen LogP contribution in [-0.2, 0) is 10.0 Å². The number of nitrogens with zero attached hydrogens (tertiary/aromatic N) is 1. The predicted octanol–water partition coefficient (Wildman–Crippen LogP) is 0.999. The Morgan fingerprint density at radius 2 is 1.84 bits per heavy atom. The van der Waals surface area contributed by atoms with Crippen LogP contribution >= 0.6 is 0 Å². The summed E-state index contributed by atoms with van der Waals surface area (Å²) in [4.78, 5) is 9.90. The van der Waals surface area contributed by atoms with Gasteiger partial charge in [0.15, 0.2) is 0 Å². The van der Waals surface area contributed by atoms with Crippen LogP contribution in [-0.4, -0.2) is 25.4 Å². The maximum atomic E-state index is 12.0. The molecule has 106 valence electrons. The molecule has 0 amide bonds. The number of nitrogens with one attached hydrogen (secondary N) is 1. The molecule has 7 nitrogen and oxygen atoms in total. The van der Waals surface area contributed by atoms with Gasteiger partial charge in [0.1, 0.15) is 0 Å². The van der Waals surface area contributed by atoms with Gasteiger partial charge in [0.2, 0.25) is 10.0 Å². The third kappa shape index (κ3) is 4.58. The predicted molar refractivity (Wildman–Crippen MR) is 71.1 cm³/mol. The van der Waals surface area contributed by atoms with Gasteiger partial charge in [-0.2, -0.15) is 0 Å². The zero-order valence-corrected chi connectivity index (χ0v) is 11.6. The minimum Gasteiger partial charge on any atom is -0.328 e. The second-order valence-electron chi connectivity index (χ2n) is 4.49. The van der Waals surface area contributed by atoms with Crippen LogP contribution in [0.3, 0.4) is 0 Å². The lowest BCUT2D eigenvalue weighted by Gasteiger charge is -2.15. The molecule has 0 aliphatic carbocycles. The number of nitro groups is 1. The van der Waals surface area contributed by atoms with Gasteiger partial charge in [-0.05, 0) is 32.4 Å². The number of nitrogens with two attached hydrogens (primary N) is 1. The molecule has 2 unspecified atom stereocenters. The Morgan fingerprint density at radius 1 is 1.32 bits per heavy atom. The van der Waals surface area contributed by atoms with E-state index in [1.54, 1.807) is 13.8 Å². The maximum absolute atomic E-state index is 12.0. The molecule has 1 rings (SSSR count). The summed E-state index contributed by atoms with van der Waals surface area (Å²) in [5.74, 6) is 0. The number of hydrogen-bond acceptors (Lipinski definition) is 5. The fraction of sp³-hybridized carbons (Fsp3) is 0.455. The quantitative estimate of drug-likeness (QED) is 0.598. The molecule has 0 bridgehead atoms. The molecule has 1 aromatic rings. The molecule has 0 aliphatic heterocycles. The Bertz CT molecular complexity index is 540. The molecule has 0 fully saturated rings. The average molecular weight is 287 g/mol. The Labute approximate surface area is 112 Å². The van der Waals surface area contributed by atoms with E-state index in [2.05, 4.69) is 4.72 Å². The monoisotopic (exact) mass is 287 g/mol. The van der Waals surface area contributed by atoms with Crippen LogP contribution in [0.15, 0.2) is 29.2 Å². The molecular weight excluding hydrogens is 270 g/mol. The Hall–Kier alpha value is -1.51. The normalized spacial score (nSPS) is 14.9. The van der Waals surface area contributed by atoms with E-state index in [4.69, 9.17) is 5.73 Å². The van der Waals surface area contributed by atoms with E-state index in [-0.39, 0.29) is 22.7 Å². The highest BCUT2D eigenvalue weighted by atomic mass is 32.2. The van der Waals surface area contributed by atoms with Gasteiger partial charge in [-0.3, -0.25) is 10.1 Å². The SMILES string of the molecule is CC(N)CC(C)NS(=O)(=O)c1ccc([N+](=O)[O-])cc1. The van der Waals surface area contributed by atoms with Crippen molar-refractivity contribution in [3.8, 4) is 0 Å². The molecule has 0 saturated heterocycles. The summed E-state index contributed by atoms with van der Waals surface area (Å²) in [5.41, 5.74) is 5.44. The Balaban J connectivity index is 2.85. The Kier molecular flexibility index (Phi) is 4.98. The van der Waals surface area contributed by atoms with Crippen LogP contribution in [0, 0.1) is 10.1 Å². The van der Waals surface area contributed by atoms with Gasteiger partial charge in [0.05, 0.1) is 9.82 Å².